The van der Waals surface area contributed by atoms with Crippen molar-refractivity contribution in [2.45, 2.75) is 0 Å². The Hall–Kier alpha value is 0.858. The fourth-order valence-corrected chi connectivity index (χ4v) is 0. The van der Waals surface area contributed by atoms with E-state index in [1.54, 1.807) is 0 Å². The van der Waals surface area contributed by atoms with Crippen LogP contribution in [0.15, 0.2) is 0 Å². The van der Waals surface area contributed by atoms with Crippen molar-refractivity contribution in [3.05, 3.63) is 0 Å². The fraction of sp³-hybridized carbons (Fsp3) is 0. The van der Waals surface area contributed by atoms with Gasteiger partial charge in [-0.25, -0.2) is 0 Å². The SMILES string of the molecule is O=C(S)NS.[Mo]. The van der Waals surface area contributed by atoms with Crippen LogP contribution in [0.25, 0.3) is 0 Å². The zero-order chi connectivity index (χ0) is 4.28. The number of nitrogens with one attached hydrogen (secondary N) is 1. The Morgan fingerprint density at radius 2 is 1.83 bits per heavy atom. The molecule has 1 amide bonds. The molecule has 2 nitrogen and oxygen atoms in total. The number of carbonyl (C=O) groups excluding carboxylic acids is 1. The third-order valence-electron chi connectivity index (χ3n) is 0.0956. The Balaban J connectivity index is 0. The molecule has 0 aliphatic heterocycles. The first kappa shape index (κ1) is 9.97. The number of thiol groups is 2. The van der Waals surface area contributed by atoms with E-state index in [0.29, 0.717) is 0 Å². The van der Waals surface area contributed by atoms with E-state index in [2.05, 4.69) is 25.4 Å². The van der Waals surface area contributed by atoms with Crippen molar-refractivity contribution in [3.8, 4) is 0 Å². The minimum absolute atomic E-state index is 0. The largest absolute Gasteiger partial charge is 0.294 e. The quantitative estimate of drug-likeness (QED) is 0.389. The van der Waals surface area contributed by atoms with Crippen LogP contribution in [0, 0.1) is 0 Å². The van der Waals surface area contributed by atoms with Crippen LogP contribution in [-0.2, 0) is 21.1 Å². The Bertz CT molecular complexity index is 48.8. The molecule has 0 saturated heterocycles. The monoisotopic (exact) mass is 207 g/mol. The molecule has 5 heteroatoms. The van der Waals surface area contributed by atoms with E-state index < -0.39 is 5.24 Å². The number of amides is 1. The molecule has 0 fully saturated rings. The van der Waals surface area contributed by atoms with Crippen molar-refractivity contribution in [2.24, 2.45) is 0 Å². The first-order valence-electron chi connectivity index (χ1n) is 0.901. The molecule has 6 heavy (non-hydrogen) atoms. The van der Waals surface area contributed by atoms with Crippen molar-refractivity contribution < 1.29 is 25.9 Å². The number of carbonyl (C=O) groups is 1. The molecule has 0 heterocycles. The molecular formula is CH3MoNOS2. The van der Waals surface area contributed by atoms with Gasteiger partial charge in [-0.1, -0.05) is 25.4 Å². The number of hydrogen-bond acceptors (Lipinski definition) is 2. The van der Waals surface area contributed by atoms with Crippen LogP contribution in [0.3, 0.4) is 0 Å². The van der Waals surface area contributed by atoms with E-state index >= 15 is 0 Å². The minimum atomic E-state index is -0.437. The Morgan fingerprint density at radius 3 is 1.83 bits per heavy atom. The van der Waals surface area contributed by atoms with Crippen molar-refractivity contribution in [3.63, 3.8) is 0 Å². The summed E-state index contributed by atoms with van der Waals surface area (Å²) in [5.41, 5.74) is 0. The first-order chi connectivity index (χ1) is 2.27. The van der Waals surface area contributed by atoms with Gasteiger partial charge in [-0.3, -0.25) is 9.52 Å². The van der Waals surface area contributed by atoms with Crippen molar-refractivity contribution in [1.82, 2.24) is 4.72 Å². The summed E-state index contributed by atoms with van der Waals surface area (Å²) in [4.78, 5) is 9.49. The molecule has 0 aromatic carbocycles. The van der Waals surface area contributed by atoms with Gasteiger partial charge >= 0.3 is 0 Å². The van der Waals surface area contributed by atoms with E-state index in [0.717, 1.165) is 0 Å². The Labute approximate surface area is 61.3 Å². The van der Waals surface area contributed by atoms with Crippen LogP contribution < -0.4 is 4.72 Å². The zero-order valence-electron chi connectivity index (χ0n) is 2.71. The standard InChI is InChI=1S/CH3NOS2.Mo/c3-1(4)2-5;/h5H,(H2,2,3,4);. The van der Waals surface area contributed by atoms with Crippen LogP contribution >= 0.6 is 25.4 Å². The molecule has 0 aromatic heterocycles. The second-order valence-electron chi connectivity index (χ2n) is 0.417. The molecule has 0 aromatic rings. The summed E-state index contributed by atoms with van der Waals surface area (Å²) in [7, 11) is 0. The third-order valence-corrected chi connectivity index (χ3v) is 0.587. The maximum Gasteiger partial charge on any atom is 0.285 e. The van der Waals surface area contributed by atoms with Gasteiger partial charge in [0.2, 0.25) is 0 Å². The predicted octanol–water partition coefficient (Wildman–Crippen LogP) is 0.468. The van der Waals surface area contributed by atoms with Gasteiger partial charge in [0.25, 0.3) is 5.24 Å². The average Bonchev–Trinajstić information content (AvgIpc) is 1.38. The van der Waals surface area contributed by atoms with E-state index in [1.807, 2.05) is 4.72 Å². The van der Waals surface area contributed by atoms with E-state index in [9.17, 15) is 4.79 Å². The van der Waals surface area contributed by atoms with Crippen LogP contribution in [0.4, 0.5) is 4.79 Å². The molecule has 0 atom stereocenters. The molecule has 0 bridgehead atoms. The molecule has 36 valence electrons. The van der Waals surface area contributed by atoms with Gasteiger partial charge in [-0.15, -0.1) is 0 Å². The van der Waals surface area contributed by atoms with E-state index in [1.165, 1.54) is 0 Å². The van der Waals surface area contributed by atoms with Crippen molar-refractivity contribution in [2.75, 3.05) is 0 Å². The van der Waals surface area contributed by atoms with Gasteiger partial charge in [0, 0.05) is 21.1 Å². The van der Waals surface area contributed by atoms with Crippen LogP contribution in [0.1, 0.15) is 0 Å². The van der Waals surface area contributed by atoms with Gasteiger partial charge in [0.15, 0.2) is 0 Å². The molecule has 0 radical (unpaired) electrons. The summed E-state index contributed by atoms with van der Waals surface area (Å²) in [5, 5.41) is -0.437. The molecule has 1 N–H and O–H groups in total. The van der Waals surface area contributed by atoms with Gasteiger partial charge in [0.05, 0.1) is 0 Å². The second-order valence-corrected chi connectivity index (χ2v) is 1.05. The van der Waals surface area contributed by atoms with Gasteiger partial charge < -0.3 is 0 Å². The number of rotatable bonds is 0. The second kappa shape index (κ2) is 5.86. The summed E-state index contributed by atoms with van der Waals surface area (Å²) in [6, 6.07) is 0. The molecule has 0 saturated carbocycles. The van der Waals surface area contributed by atoms with E-state index in [4.69, 9.17) is 0 Å². The Kier molecular flexibility index (Phi) is 9.74. The van der Waals surface area contributed by atoms with Crippen LogP contribution in [-0.4, -0.2) is 5.24 Å². The molecule has 0 aliphatic carbocycles. The van der Waals surface area contributed by atoms with Crippen LogP contribution in [0.2, 0.25) is 0 Å². The molecule has 0 aliphatic rings. The van der Waals surface area contributed by atoms with Crippen molar-refractivity contribution in [1.29, 1.82) is 0 Å². The summed E-state index contributed by atoms with van der Waals surface area (Å²) in [5.74, 6) is 0. The van der Waals surface area contributed by atoms with Gasteiger partial charge in [0.1, 0.15) is 0 Å². The van der Waals surface area contributed by atoms with Gasteiger partial charge in [-0.05, 0) is 0 Å². The molecular weight excluding hydrogens is 202 g/mol. The molecule has 0 spiro atoms. The topological polar surface area (TPSA) is 29.1 Å². The number of hydrogen-bond donors (Lipinski definition) is 3. The Morgan fingerprint density at radius 1 is 1.67 bits per heavy atom. The fourth-order valence-electron chi connectivity index (χ4n) is 0. The third kappa shape index (κ3) is 8.85. The van der Waals surface area contributed by atoms with Crippen molar-refractivity contribution >= 4 is 30.7 Å². The van der Waals surface area contributed by atoms with E-state index in [-0.39, 0.29) is 21.1 Å². The smallest absolute Gasteiger partial charge is 0.285 e. The summed E-state index contributed by atoms with van der Waals surface area (Å²) in [6.07, 6.45) is 0. The minimum Gasteiger partial charge on any atom is -0.294 e. The maximum absolute atomic E-state index is 9.49. The summed E-state index contributed by atoms with van der Waals surface area (Å²) < 4.78 is 1.95. The van der Waals surface area contributed by atoms with Crippen LogP contribution in [0.5, 0.6) is 0 Å². The zero-order valence-corrected chi connectivity index (χ0v) is 6.51. The normalized spacial score (nSPS) is 5.67. The molecule has 0 rings (SSSR count). The average molecular weight is 205 g/mol. The molecule has 0 unspecified atom stereocenters. The van der Waals surface area contributed by atoms with Gasteiger partial charge in [-0.2, -0.15) is 0 Å². The summed E-state index contributed by atoms with van der Waals surface area (Å²) in [6.45, 7) is 0. The maximum atomic E-state index is 9.49. The summed E-state index contributed by atoms with van der Waals surface area (Å²) >= 11 is 6.61. The first-order valence-corrected chi connectivity index (χ1v) is 1.80. The predicted molar refractivity (Wildman–Crippen MR) is 26.5 cm³/mol.